The molecule has 1 N–H and O–H groups in total. The van der Waals surface area contributed by atoms with Crippen molar-refractivity contribution in [2.24, 2.45) is 5.41 Å². The van der Waals surface area contributed by atoms with Crippen LogP contribution in [0, 0.1) is 5.41 Å². The van der Waals surface area contributed by atoms with Crippen LogP contribution in [0.1, 0.15) is 46.5 Å². The standard InChI is InChI=1S/C11H18O4/c1-4-6-8(12)11(3,10(14)15)9(13)7-5-2/h4-7H2,1-3H3,(H,14,15). The Hall–Kier alpha value is -1.19. The molecule has 0 unspecified atom stereocenters. The van der Waals surface area contributed by atoms with Gasteiger partial charge >= 0.3 is 5.97 Å². The van der Waals surface area contributed by atoms with Gasteiger partial charge in [-0.2, -0.15) is 0 Å². The molecule has 0 bridgehead atoms. The average molecular weight is 214 g/mol. The van der Waals surface area contributed by atoms with Gasteiger partial charge in [0.15, 0.2) is 17.0 Å². The predicted octanol–water partition coefficient (Wildman–Crippen LogP) is 1.82. The molecule has 15 heavy (non-hydrogen) atoms. The molecule has 0 aromatic heterocycles. The van der Waals surface area contributed by atoms with Crippen molar-refractivity contribution < 1.29 is 19.5 Å². The quantitative estimate of drug-likeness (QED) is 0.656. The van der Waals surface area contributed by atoms with Gasteiger partial charge in [-0.05, 0) is 19.8 Å². The Labute approximate surface area is 89.7 Å². The van der Waals surface area contributed by atoms with Crippen molar-refractivity contribution in [2.75, 3.05) is 0 Å². The number of carboxylic acid groups (broad SMARTS) is 1. The number of hydrogen-bond donors (Lipinski definition) is 1. The summed E-state index contributed by atoms with van der Waals surface area (Å²) < 4.78 is 0. The maximum atomic E-state index is 11.6. The van der Waals surface area contributed by atoms with Gasteiger partial charge in [-0.3, -0.25) is 14.4 Å². The molecule has 0 aromatic rings. The lowest BCUT2D eigenvalue weighted by atomic mass is 9.78. The minimum atomic E-state index is -1.84. The monoisotopic (exact) mass is 214 g/mol. The number of aliphatic carboxylic acids is 1. The molecule has 4 heteroatoms. The highest BCUT2D eigenvalue weighted by molar-refractivity contribution is 6.21. The topological polar surface area (TPSA) is 71.4 Å². The highest BCUT2D eigenvalue weighted by Crippen LogP contribution is 2.24. The smallest absolute Gasteiger partial charge is 0.324 e. The highest BCUT2D eigenvalue weighted by Gasteiger charge is 2.46. The highest BCUT2D eigenvalue weighted by atomic mass is 16.4. The number of carbonyl (C=O) groups excluding carboxylic acids is 2. The Morgan fingerprint density at radius 2 is 1.33 bits per heavy atom. The lowest BCUT2D eigenvalue weighted by Gasteiger charge is -2.21. The van der Waals surface area contributed by atoms with Crippen LogP contribution in [-0.2, 0) is 14.4 Å². The lowest BCUT2D eigenvalue weighted by Crippen LogP contribution is -2.43. The Morgan fingerprint density at radius 3 is 1.53 bits per heavy atom. The molecule has 4 nitrogen and oxygen atoms in total. The first-order chi connectivity index (χ1) is 6.91. The number of carbonyl (C=O) groups is 3. The van der Waals surface area contributed by atoms with Crippen LogP contribution in [-0.4, -0.2) is 22.6 Å². The Bertz CT molecular complexity index is 250. The summed E-state index contributed by atoms with van der Waals surface area (Å²) in [5.41, 5.74) is -1.84. The number of ketones is 2. The summed E-state index contributed by atoms with van der Waals surface area (Å²) in [7, 11) is 0. The van der Waals surface area contributed by atoms with Crippen molar-refractivity contribution in [2.45, 2.75) is 46.5 Å². The van der Waals surface area contributed by atoms with E-state index < -0.39 is 23.0 Å². The molecular formula is C11H18O4. The first kappa shape index (κ1) is 13.8. The Balaban J connectivity index is 4.97. The van der Waals surface area contributed by atoms with E-state index >= 15 is 0 Å². The van der Waals surface area contributed by atoms with Crippen molar-refractivity contribution in [3.63, 3.8) is 0 Å². The third kappa shape index (κ3) is 2.88. The predicted molar refractivity (Wildman–Crippen MR) is 55.6 cm³/mol. The van der Waals surface area contributed by atoms with Crippen molar-refractivity contribution >= 4 is 17.5 Å². The molecule has 0 aliphatic carbocycles. The third-order valence-corrected chi connectivity index (χ3v) is 2.50. The maximum Gasteiger partial charge on any atom is 0.324 e. The molecule has 0 amide bonds. The minimum absolute atomic E-state index is 0.137. The van der Waals surface area contributed by atoms with E-state index in [0.29, 0.717) is 12.8 Å². The van der Waals surface area contributed by atoms with E-state index in [1.54, 1.807) is 13.8 Å². The Morgan fingerprint density at radius 1 is 1.00 bits per heavy atom. The fourth-order valence-electron chi connectivity index (χ4n) is 1.35. The number of carboxylic acids is 1. The van der Waals surface area contributed by atoms with E-state index in [0.717, 1.165) is 0 Å². The molecule has 0 aliphatic heterocycles. The number of Topliss-reactive ketones (excluding diaryl/α,β-unsaturated/α-hetero) is 2. The lowest BCUT2D eigenvalue weighted by molar-refractivity contribution is -0.158. The fourth-order valence-corrected chi connectivity index (χ4v) is 1.35. The van der Waals surface area contributed by atoms with E-state index in [4.69, 9.17) is 5.11 Å². The van der Waals surface area contributed by atoms with E-state index in [1.807, 2.05) is 0 Å². The molecule has 0 spiro atoms. The minimum Gasteiger partial charge on any atom is -0.480 e. The largest absolute Gasteiger partial charge is 0.480 e. The third-order valence-electron chi connectivity index (χ3n) is 2.50. The molecule has 0 saturated carbocycles. The van der Waals surface area contributed by atoms with Crippen LogP contribution in [0.25, 0.3) is 0 Å². The second-order valence-electron chi connectivity index (χ2n) is 3.78. The molecule has 86 valence electrons. The van der Waals surface area contributed by atoms with Crippen LogP contribution in [0.15, 0.2) is 0 Å². The van der Waals surface area contributed by atoms with Gasteiger partial charge in [0.2, 0.25) is 0 Å². The fraction of sp³-hybridized carbons (Fsp3) is 0.727. The first-order valence-corrected chi connectivity index (χ1v) is 5.21. The van der Waals surface area contributed by atoms with Gasteiger partial charge in [-0.1, -0.05) is 13.8 Å². The van der Waals surface area contributed by atoms with Crippen LogP contribution in [0.2, 0.25) is 0 Å². The van der Waals surface area contributed by atoms with Crippen molar-refractivity contribution in [1.82, 2.24) is 0 Å². The molecule has 0 fully saturated rings. The molecule has 0 atom stereocenters. The SMILES string of the molecule is CCCC(=O)C(C)(C(=O)O)C(=O)CCC. The molecule has 0 heterocycles. The zero-order valence-electron chi connectivity index (χ0n) is 9.50. The normalized spacial score (nSPS) is 11.1. The van der Waals surface area contributed by atoms with E-state index in [9.17, 15) is 14.4 Å². The maximum absolute atomic E-state index is 11.6. The average Bonchev–Trinajstić information content (AvgIpc) is 2.16. The van der Waals surface area contributed by atoms with Gasteiger partial charge in [0, 0.05) is 12.8 Å². The van der Waals surface area contributed by atoms with Crippen molar-refractivity contribution in [3.05, 3.63) is 0 Å². The first-order valence-electron chi connectivity index (χ1n) is 5.21. The molecule has 0 aromatic carbocycles. The summed E-state index contributed by atoms with van der Waals surface area (Å²) in [5.74, 6) is -2.31. The van der Waals surface area contributed by atoms with Gasteiger partial charge in [-0.15, -0.1) is 0 Å². The summed E-state index contributed by atoms with van der Waals surface area (Å²) in [4.78, 5) is 34.3. The van der Waals surface area contributed by atoms with Crippen LogP contribution >= 0.6 is 0 Å². The van der Waals surface area contributed by atoms with Crippen LogP contribution in [0.5, 0.6) is 0 Å². The second kappa shape index (κ2) is 5.63. The van der Waals surface area contributed by atoms with Gasteiger partial charge in [-0.25, -0.2) is 0 Å². The Kier molecular flexibility index (Phi) is 5.19. The number of hydrogen-bond acceptors (Lipinski definition) is 3. The molecule has 0 radical (unpaired) electrons. The van der Waals surface area contributed by atoms with Crippen molar-refractivity contribution in [3.8, 4) is 0 Å². The summed E-state index contributed by atoms with van der Waals surface area (Å²) >= 11 is 0. The van der Waals surface area contributed by atoms with Crippen LogP contribution in [0.4, 0.5) is 0 Å². The van der Waals surface area contributed by atoms with Gasteiger partial charge < -0.3 is 5.11 Å². The zero-order chi connectivity index (χ0) is 12.1. The molecule has 0 aliphatic rings. The van der Waals surface area contributed by atoms with E-state index in [1.165, 1.54) is 6.92 Å². The van der Waals surface area contributed by atoms with Crippen LogP contribution < -0.4 is 0 Å². The van der Waals surface area contributed by atoms with Crippen molar-refractivity contribution in [1.29, 1.82) is 0 Å². The zero-order valence-corrected chi connectivity index (χ0v) is 9.50. The van der Waals surface area contributed by atoms with E-state index in [-0.39, 0.29) is 12.8 Å². The summed E-state index contributed by atoms with van der Waals surface area (Å²) in [6.45, 7) is 4.78. The summed E-state index contributed by atoms with van der Waals surface area (Å²) in [6, 6.07) is 0. The molecular weight excluding hydrogens is 196 g/mol. The molecule has 0 saturated heterocycles. The van der Waals surface area contributed by atoms with Gasteiger partial charge in [0.05, 0.1) is 0 Å². The second-order valence-corrected chi connectivity index (χ2v) is 3.78. The van der Waals surface area contributed by atoms with Crippen LogP contribution in [0.3, 0.4) is 0 Å². The van der Waals surface area contributed by atoms with E-state index in [2.05, 4.69) is 0 Å². The summed E-state index contributed by atoms with van der Waals surface area (Å²) in [6.07, 6.45) is 1.39. The molecule has 0 rings (SSSR count). The van der Waals surface area contributed by atoms with Gasteiger partial charge in [0.25, 0.3) is 0 Å². The number of rotatable bonds is 7. The van der Waals surface area contributed by atoms with Gasteiger partial charge in [0.1, 0.15) is 0 Å². The summed E-state index contributed by atoms with van der Waals surface area (Å²) in [5, 5.41) is 8.98.